The molecule has 1 aromatic carbocycles. The van der Waals surface area contributed by atoms with Crippen molar-refractivity contribution in [2.45, 2.75) is 13.3 Å². The monoisotopic (exact) mass is 314 g/mol. The van der Waals surface area contributed by atoms with E-state index in [2.05, 4.69) is 0 Å². The third-order valence-electron chi connectivity index (χ3n) is 3.30. The van der Waals surface area contributed by atoms with E-state index in [1.54, 1.807) is 0 Å². The molecule has 1 unspecified atom stereocenters. The number of carbonyl (C=O) groups is 2. The van der Waals surface area contributed by atoms with Crippen LogP contribution in [-0.4, -0.2) is 32.4 Å². The minimum atomic E-state index is -3.68. The van der Waals surface area contributed by atoms with Gasteiger partial charge in [-0.1, -0.05) is 0 Å². The molecule has 6 nitrogen and oxygen atoms in total. The van der Waals surface area contributed by atoms with Gasteiger partial charge in [0.2, 0.25) is 15.9 Å². The second-order valence-electron chi connectivity index (χ2n) is 5.12. The molecule has 2 rings (SSSR count). The van der Waals surface area contributed by atoms with Gasteiger partial charge in [-0.2, -0.15) is 0 Å². The zero-order valence-electron chi connectivity index (χ0n) is 11.4. The fourth-order valence-electron chi connectivity index (χ4n) is 2.48. The average Bonchev–Trinajstić information content (AvgIpc) is 2.67. The minimum Gasteiger partial charge on any atom is -0.311 e. The van der Waals surface area contributed by atoms with E-state index < -0.39 is 21.8 Å². The van der Waals surface area contributed by atoms with Crippen LogP contribution in [0.15, 0.2) is 18.2 Å². The van der Waals surface area contributed by atoms with Gasteiger partial charge in [-0.05, 0) is 25.1 Å². The summed E-state index contributed by atoms with van der Waals surface area (Å²) in [5, 5.41) is 4.98. The number of halogens is 1. The molecule has 1 saturated heterocycles. The number of hydrogen-bond donors (Lipinski definition) is 1. The molecule has 0 aromatic heterocycles. The Morgan fingerprint density at radius 1 is 1.48 bits per heavy atom. The topological polar surface area (TPSA) is 97.5 Å². The van der Waals surface area contributed by atoms with Crippen LogP contribution in [0.25, 0.3) is 0 Å². The molecule has 0 spiro atoms. The van der Waals surface area contributed by atoms with Crippen molar-refractivity contribution in [2.75, 3.05) is 17.2 Å². The molecule has 2 N–H and O–H groups in total. The van der Waals surface area contributed by atoms with Gasteiger partial charge in [0.25, 0.3) is 0 Å². The van der Waals surface area contributed by atoms with Crippen LogP contribution in [0.3, 0.4) is 0 Å². The molecular formula is C13H15FN2O4S. The van der Waals surface area contributed by atoms with Crippen molar-refractivity contribution < 1.29 is 22.4 Å². The quantitative estimate of drug-likeness (QED) is 0.826. The third-order valence-corrected chi connectivity index (χ3v) is 4.24. The summed E-state index contributed by atoms with van der Waals surface area (Å²) in [5.74, 6) is -1.98. The minimum absolute atomic E-state index is 0.0329. The van der Waals surface area contributed by atoms with Crippen LogP contribution in [0.4, 0.5) is 10.1 Å². The summed E-state index contributed by atoms with van der Waals surface area (Å²) in [4.78, 5) is 24.9. The van der Waals surface area contributed by atoms with E-state index in [1.807, 2.05) is 0 Å². The van der Waals surface area contributed by atoms with Gasteiger partial charge in [-0.15, -0.1) is 0 Å². The van der Waals surface area contributed by atoms with Gasteiger partial charge in [0.1, 0.15) is 5.82 Å². The largest absolute Gasteiger partial charge is 0.311 e. The fraction of sp³-hybridized carbons (Fsp3) is 0.385. The summed E-state index contributed by atoms with van der Waals surface area (Å²) < 4.78 is 35.4. The van der Waals surface area contributed by atoms with Gasteiger partial charge in [0, 0.05) is 24.4 Å². The van der Waals surface area contributed by atoms with Gasteiger partial charge in [0.15, 0.2) is 5.78 Å². The second kappa shape index (κ2) is 5.53. The molecule has 1 heterocycles. The summed E-state index contributed by atoms with van der Waals surface area (Å²) in [6.45, 7) is 1.42. The lowest BCUT2D eigenvalue weighted by atomic mass is 10.1. The van der Waals surface area contributed by atoms with Gasteiger partial charge < -0.3 is 4.90 Å². The summed E-state index contributed by atoms with van der Waals surface area (Å²) in [5.41, 5.74) is 0.394. The zero-order valence-corrected chi connectivity index (χ0v) is 12.2. The number of Topliss-reactive ketones (excluding diaryl/α,β-unsaturated/α-hetero) is 1. The Kier molecular flexibility index (Phi) is 4.11. The molecule has 8 heteroatoms. The second-order valence-corrected chi connectivity index (χ2v) is 6.78. The number of hydrogen-bond acceptors (Lipinski definition) is 4. The van der Waals surface area contributed by atoms with Crippen LogP contribution in [0.1, 0.15) is 23.7 Å². The van der Waals surface area contributed by atoms with Crippen LogP contribution in [0.5, 0.6) is 0 Å². The molecule has 1 amide bonds. The van der Waals surface area contributed by atoms with Gasteiger partial charge in [-0.25, -0.2) is 17.9 Å². The Morgan fingerprint density at radius 2 is 2.14 bits per heavy atom. The molecular weight excluding hydrogens is 299 g/mol. The van der Waals surface area contributed by atoms with Crippen molar-refractivity contribution in [3.05, 3.63) is 29.6 Å². The number of anilines is 1. The first-order chi connectivity index (χ1) is 9.67. The first-order valence-corrected chi connectivity index (χ1v) is 8.00. The van der Waals surface area contributed by atoms with Crippen LogP contribution in [0.2, 0.25) is 0 Å². The predicted octanol–water partition coefficient (Wildman–Crippen LogP) is 0.670. The number of benzene rings is 1. The van der Waals surface area contributed by atoms with Gasteiger partial charge in [0.05, 0.1) is 11.4 Å². The van der Waals surface area contributed by atoms with E-state index >= 15 is 0 Å². The number of primary sulfonamides is 1. The summed E-state index contributed by atoms with van der Waals surface area (Å²) >= 11 is 0. The maximum atomic E-state index is 13.2. The van der Waals surface area contributed by atoms with Crippen molar-refractivity contribution in [3.8, 4) is 0 Å². The Balaban J connectivity index is 2.31. The highest BCUT2D eigenvalue weighted by Crippen LogP contribution is 2.29. The standard InChI is InChI=1S/C13H15FN2O4S/c1-8(17)11-5-10(14)2-3-12(11)16-6-9(4-13(16)18)7-21(15,19)20/h2-3,5,9H,4,6-7H2,1H3,(H2,15,19,20). The average molecular weight is 314 g/mol. The molecule has 0 aliphatic carbocycles. The number of ketones is 1. The van der Waals surface area contributed by atoms with Crippen LogP contribution < -0.4 is 10.0 Å². The number of nitrogens with zero attached hydrogens (tertiary/aromatic N) is 1. The number of nitrogens with two attached hydrogens (primary N) is 1. The Hall–Kier alpha value is -1.80. The highest BCUT2D eigenvalue weighted by molar-refractivity contribution is 7.89. The molecule has 1 aliphatic rings. The lowest BCUT2D eigenvalue weighted by Gasteiger charge is -2.19. The number of rotatable bonds is 4. The highest BCUT2D eigenvalue weighted by atomic mass is 32.2. The first-order valence-electron chi connectivity index (χ1n) is 6.28. The maximum absolute atomic E-state index is 13.2. The van der Waals surface area contributed by atoms with Crippen molar-refractivity contribution in [1.29, 1.82) is 0 Å². The molecule has 1 aliphatic heterocycles. The maximum Gasteiger partial charge on any atom is 0.227 e. The predicted molar refractivity (Wildman–Crippen MR) is 74.8 cm³/mol. The number of sulfonamides is 1. The van der Waals surface area contributed by atoms with Gasteiger partial charge in [-0.3, -0.25) is 9.59 Å². The van der Waals surface area contributed by atoms with E-state index in [1.165, 1.54) is 17.9 Å². The third kappa shape index (κ3) is 3.64. The molecule has 114 valence electrons. The number of amides is 1. The summed E-state index contributed by atoms with van der Waals surface area (Å²) in [6.07, 6.45) is 0.0329. The molecule has 1 aromatic rings. The smallest absolute Gasteiger partial charge is 0.227 e. The SMILES string of the molecule is CC(=O)c1cc(F)ccc1N1CC(CS(N)(=O)=O)CC1=O. The summed E-state index contributed by atoms with van der Waals surface area (Å²) in [6, 6.07) is 3.57. The van der Waals surface area contributed by atoms with E-state index in [9.17, 15) is 22.4 Å². The molecule has 0 radical (unpaired) electrons. The van der Waals surface area contributed by atoms with Crippen molar-refractivity contribution in [2.24, 2.45) is 11.1 Å². The van der Waals surface area contributed by atoms with Crippen molar-refractivity contribution in [1.82, 2.24) is 0 Å². The van der Waals surface area contributed by atoms with Crippen molar-refractivity contribution in [3.63, 3.8) is 0 Å². The normalized spacial score (nSPS) is 19.1. The number of carbonyl (C=O) groups excluding carboxylic acids is 2. The molecule has 1 atom stereocenters. The molecule has 0 saturated carbocycles. The van der Waals surface area contributed by atoms with E-state index in [-0.39, 0.29) is 36.0 Å². The lowest BCUT2D eigenvalue weighted by Crippen LogP contribution is -2.28. The van der Waals surface area contributed by atoms with Gasteiger partial charge >= 0.3 is 0 Å². The van der Waals surface area contributed by atoms with Crippen LogP contribution >= 0.6 is 0 Å². The van der Waals surface area contributed by atoms with Crippen molar-refractivity contribution >= 4 is 27.4 Å². The first kappa shape index (κ1) is 15.6. The fourth-order valence-corrected chi connectivity index (χ4v) is 3.36. The Bertz CT molecular complexity index is 702. The summed E-state index contributed by atoms with van der Waals surface area (Å²) in [7, 11) is -3.68. The van der Waals surface area contributed by atoms with E-state index in [0.29, 0.717) is 5.69 Å². The lowest BCUT2D eigenvalue weighted by molar-refractivity contribution is -0.117. The van der Waals surface area contributed by atoms with Crippen LogP contribution in [-0.2, 0) is 14.8 Å². The van der Waals surface area contributed by atoms with Crippen LogP contribution in [0, 0.1) is 11.7 Å². The molecule has 1 fully saturated rings. The molecule has 21 heavy (non-hydrogen) atoms. The highest BCUT2D eigenvalue weighted by Gasteiger charge is 2.34. The van der Waals surface area contributed by atoms with E-state index in [0.717, 1.165) is 12.1 Å². The molecule has 0 bridgehead atoms. The Morgan fingerprint density at radius 3 is 2.71 bits per heavy atom. The van der Waals surface area contributed by atoms with E-state index in [4.69, 9.17) is 5.14 Å². The zero-order chi connectivity index (χ0) is 15.8. The Labute approximate surface area is 121 Å².